The van der Waals surface area contributed by atoms with Crippen molar-refractivity contribution in [3.8, 4) is 0 Å². The van der Waals surface area contributed by atoms with Crippen LogP contribution >= 0.6 is 0 Å². The van der Waals surface area contributed by atoms with E-state index >= 15 is 0 Å². The summed E-state index contributed by atoms with van der Waals surface area (Å²) in [5, 5.41) is 3.07. The molecule has 138 valence electrons. The second-order valence-corrected chi connectivity index (χ2v) is 7.00. The van der Waals surface area contributed by atoms with Crippen LogP contribution in [-0.4, -0.2) is 15.5 Å². The Bertz CT molecular complexity index is 965. The third kappa shape index (κ3) is 3.37. The molecular formula is C22H22FN3O. The lowest BCUT2D eigenvalue weighted by atomic mass is 9.82. The molecule has 0 unspecified atom stereocenters. The highest BCUT2D eigenvalue weighted by Crippen LogP contribution is 2.33. The molecule has 2 atom stereocenters. The van der Waals surface area contributed by atoms with E-state index in [4.69, 9.17) is 0 Å². The molecule has 4 rings (SSSR count). The maximum absolute atomic E-state index is 14.5. The van der Waals surface area contributed by atoms with Crippen molar-refractivity contribution in [2.24, 2.45) is 7.05 Å². The van der Waals surface area contributed by atoms with Gasteiger partial charge in [-0.15, -0.1) is 0 Å². The smallest absolute Gasteiger partial charge is 0.228 e. The average molecular weight is 363 g/mol. The van der Waals surface area contributed by atoms with Gasteiger partial charge in [0.2, 0.25) is 5.91 Å². The van der Waals surface area contributed by atoms with Gasteiger partial charge in [-0.25, -0.2) is 9.37 Å². The van der Waals surface area contributed by atoms with Crippen molar-refractivity contribution in [1.82, 2.24) is 14.9 Å². The first-order valence-corrected chi connectivity index (χ1v) is 9.25. The molecule has 1 aliphatic carbocycles. The molecule has 3 aromatic rings. The van der Waals surface area contributed by atoms with Crippen molar-refractivity contribution < 1.29 is 9.18 Å². The molecule has 0 fully saturated rings. The highest BCUT2D eigenvalue weighted by molar-refractivity contribution is 5.85. The number of rotatable bonds is 4. The van der Waals surface area contributed by atoms with Crippen molar-refractivity contribution in [3.63, 3.8) is 0 Å². The summed E-state index contributed by atoms with van der Waals surface area (Å²) in [6.07, 6.45) is 6.22. The van der Waals surface area contributed by atoms with E-state index in [0.717, 1.165) is 24.8 Å². The molecule has 0 aliphatic heterocycles. The van der Waals surface area contributed by atoms with Gasteiger partial charge in [0, 0.05) is 25.0 Å². The fourth-order valence-corrected chi connectivity index (χ4v) is 3.92. The van der Waals surface area contributed by atoms with E-state index in [1.807, 2.05) is 29.8 Å². The Morgan fingerprint density at radius 3 is 2.78 bits per heavy atom. The molecule has 0 radical (unpaired) electrons. The highest BCUT2D eigenvalue weighted by Gasteiger charge is 2.30. The van der Waals surface area contributed by atoms with E-state index in [2.05, 4.69) is 16.4 Å². The zero-order valence-corrected chi connectivity index (χ0v) is 15.2. The molecule has 0 bridgehead atoms. The fraction of sp³-hybridized carbons (Fsp3) is 0.273. The molecule has 2 aromatic carbocycles. The Morgan fingerprint density at radius 2 is 2.00 bits per heavy atom. The van der Waals surface area contributed by atoms with Crippen LogP contribution in [0.15, 0.2) is 60.9 Å². The monoisotopic (exact) mass is 363 g/mol. The summed E-state index contributed by atoms with van der Waals surface area (Å²) in [6, 6.07) is 14.0. The maximum atomic E-state index is 14.5. The summed E-state index contributed by atoms with van der Waals surface area (Å²) in [7, 11) is 1.85. The number of imidazole rings is 1. The third-order valence-electron chi connectivity index (χ3n) is 5.31. The minimum atomic E-state index is -0.632. The number of hydrogen-bond acceptors (Lipinski definition) is 2. The number of carbonyl (C=O) groups is 1. The van der Waals surface area contributed by atoms with Crippen LogP contribution < -0.4 is 5.32 Å². The van der Waals surface area contributed by atoms with Crippen LogP contribution in [-0.2, 0) is 18.3 Å². The van der Waals surface area contributed by atoms with Crippen LogP contribution in [0, 0.1) is 5.82 Å². The second-order valence-electron chi connectivity index (χ2n) is 7.00. The van der Waals surface area contributed by atoms with Gasteiger partial charge in [0.1, 0.15) is 17.7 Å². The van der Waals surface area contributed by atoms with Crippen LogP contribution in [0.2, 0.25) is 0 Å². The summed E-state index contributed by atoms with van der Waals surface area (Å²) in [6.45, 7) is 0. The van der Waals surface area contributed by atoms with Crippen molar-refractivity contribution in [1.29, 1.82) is 0 Å². The van der Waals surface area contributed by atoms with Gasteiger partial charge in [0.05, 0.1) is 5.92 Å². The zero-order valence-electron chi connectivity index (χ0n) is 15.2. The van der Waals surface area contributed by atoms with Crippen LogP contribution in [0.1, 0.15) is 47.3 Å². The minimum Gasteiger partial charge on any atom is -0.341 e. The predicted molar refractivity (Wildman–Crippen MR) is 102 cm³/mol. The van der Waals surface area contributed by atoms with E-state index in [1.165, 1.54) is 11.6 Å². The molecule has 4 nitrogen and oxygen atoms in total. The molecule has 0 saturated carbocycles. The SMILES string of the molecule is Cn1ccnc1[C@H](NC(=O)[C@@H]1CCCc2ccccc21)c1ccccc1F. The number of hydrogen-bond donors (Lipinski definition) is 1. The van der Waals surface area contributed by atoms with E-state index in [0.29, 0.717) is 11.4 Å². The molecule has 1 aliphatic rings. The molecule has 0 spiro atoms. The molecule has 5 heteroatoms. The third-order valence-corrected chi connectivity index (χ3v) is 5.31. The first-order valence-electron chi connectivity index (χ1n) is 9.25. The summed E-state index contributed by atoms with van der Waals surface area (Å²) in [4.78, 5) is 17.5. The van der Waals surface area contributed by atoms with E-state index in [9.17, 15) is 9.18 Å². The largest absolute Gasteiger partial charge is 0.341 e. The number of fused-ring (bicyclic) bond motifs is 1. The van der Waals surface area contributed by atoms with E-state index in [1.54, 1.807) is 30.6 Å². The lowest BCUT2D eigenvalue weighted by molar-refractivity contribution is -0.123. The van der Waals surface area contributed by atoms with E-state index < -0.39 is 6.04 Å². The first kappa shape index (κ1) is 17.5. The Labute approximate surface area is 158 Å². The Morgan fingerprint density at radius 1 is 1.22 bits per heavy atom. The molecule has 1 aromatic heterocycles. The minimum absolute atomic E-state index is 0.0848. The van der Waals surface area contributed by atoms with Crippen molar-refractivity contribution in [2.45, 2.75) is 31.2 Å². The quantitative estimate of drug-likeness (QED) is 0.765. The Kier molecular flexibility index (Phi) is 4.75. The lowest BCUT2D eigenvalue weighted by Gasteiger charge is -2.27. The molecular weight excluding hydrogens is 341 g/mol. The van der Waals surface area contributed by atoms with Gasteiger partial charge in [0.15, 0.2) is 0 Å². The average Bonchev–Trinajstić information content (AvgIpc) is 3.12. The number of nitrogens with zero attached hydrogens (tertiary/aromatic N) is 2. The van der Waals surface area contributed by atoms with Gasteiger partial charge in [-0.05, 0) is 36.5 Å². The maximum Gasteiger partial charge on any atom is 0.228 e. The van der Waals surface area contributed by atoms with Crippen molar-refractivity contribution in [2.75, 3.05) is 0 Å². The second kappa shape index (κ2) is 7.35. The normalized spacial score (nSPS) is 17.2. The first-order chi connectivity index (χ1) is 13.1. The Balaban J connectivity index is 1.68. The van der Waals surface area contributed by atoms with Crippen molar-refractivity contribution in [3.05, 3.63) is 89.3 Å². The zero-order chi connectivity index (χ0) is 18.8. The van der Waals surface area contributed by atoms with Crippen LogP contribution in [0.25, 0.3) is 0 Å². The molecule has 27 heavy (non-hydrogen) atoms. The van der Waals surface area contributed by atoms with Crippen LogP contribution in [0.3, 0.4) is 0 Å². The van der Waals surface area contributed by atoms with Gasteiger partial charge in [-0.2, -0.15) is 0 Å². The predicted octanol–water partition coefficient (Wildman–Crippen LogP) is 3.88. The van der Waals surface area contributed by atoms with Gasteiger partial charge >= 0.3 is 0 Å². The number of nitrogens with one attached hydrogen (secondary N) is 1. The molecule has 0 saturated heterocycles. The summed E-state index contributed by atoms with van der Waals surface area (Å²) >= 11 is 0. The van der Waals surface area contributed by atoms with Crippen LogP contribution in [0.4, 0.5) is 4.39 Å². The number of aromatic nitrogens is 2. The highest BCUT2D eigenvalue weighted by atomic mass is 19.1. The van der Waals surface area contributed by atoms with Crippen LogP contribution in [0.5, 0.6) is 0 Å². The van der Waals surface area contributed by atoms with Gasteiger partial charge in [-0.1, -0.05) is 42.5 Å². The molecule has 1 amide bonds. The number of aryl methyl sites for hydroxylation is 2. The Hall–Kier alpha value is -2.95. The number of halogens is 1. The lowest BCUT2D eigenvalue weighted by Crippen LogP contribution is -2.36. The number of carbonyl (C=O) groups excluding carboxylic acids is 1. The van der Waals surface area contributed by atoms with E-state index in [-0.39, 0.29) is 17.6 Å². The summed E-state index contributed by atoms with van der Waals surface area (Å²) in [5.74, 6) is -0.0460. The van der Waals surface area contributed by atoms with Gasteiger partial charge < -0.3 is 9.88 Å². The summed E-state index contributed by atoms with van der Waals surface area (Å²) < 4.78 is 16.3. The topological polar surface area (TPSA) is 46.9 Å². The van der Waals surface area contributed by atoms with Crippen molar-refractivity contribution >= 4 is 5.91 Å². The fourth-order valence-electron chi connectivity index (χ4n) is 3.92. The standard InChI is InChI=1S/C22H22FN3O/c1-26-14-13-24-21(26)20(18-10-4-5-12-19(18)23)25-22(27)17-11-6-8-15-7-2-3-9-16(15)17/h2-5,7,9-10,12-14,17,20H,6,8,11H2,1H3,(H,25,27)/t17-,20-/m1/s1. The number of benzene rings is 2. The van der Waals surface area contributed by atoms with Gasteiger partial charge in [-0.3, -0.25) is 4.79 Å². The molecule has 1 heterocycles. The summed E-state index contributed by atoms with van der Waals surface area (Å²) in [5.41, 5.74) is 2.72. The van der Waals surface area contributed by atoms with Gasteiger partial charge in [0.25, 0.3) is 0 Å². The molecule has 1 N–H and O–H groups in total. The number of amides is 1.